The molecule has 0 amide bonds. The van der Waals surface area contributed by atoms with Gasteiger partial charge in [0.05, 0.1) is 7.11 Å². The lowest BCUT2D eigenvalue weighted by molar-refractivity contribution is 0.0589. The van der Waals surface area contributed by atoms with Gasteiger partial charge in [-0.15, -0.1) is 11.3 Å². The second-order valence-corrected chi connectivity index (χ2v) is 5.61. The lowest BCUT2D eigenvalue weighted by Crippen LogP contribution is -2.11. The third-order valence-electron chi connectivity index (χ3n) is 3.49. The Balaban J connectivity index is 2.11. The quantitative estimate of drug-likeness (QED) is 0.684. The second kappa shape index (κ2) is 5.13. The molecule has 0 saturated heterocycles. The first-order valence-electron chi connectivity index (χ1n) is 6.40. The molecule has 3 nitrogen and oxygen atoms in total. The van der Waals surface area contributed by atoms with Gasteiger partial charge in [0.2, 0.25) is 0 Å². The number of carbonyl (C=O) groups is 1. The fourth-order valence-electron chi connectivity index (χ4n) is 2.36. The first-order valence-corrected chi connectivity index (χ1v) is 7.28. The largest absolute Gasteiger partial charge is 0.464 e. The Kier molecular flexibility index (Phi) is 3.32. The first-order chi connectivity index (χ1) is 9.70. The number of rotatable bonds is 3. The van der Waals surface area contributed by atoms with Crippen molar-refractivity contribution in [2.75, 3.05) is 7.11 Å². The third kappa shape index (κ3) is 2.12. The number of thiophene rings is 1. The van der Waals surface area contributed by atoms with Crippen molar-refractivity contribution in [3.8, 4) is 0 Å². The first kappa shape index (κ1) is 12.9. The molecule has 102 valence electrons. The van der Waals surface area contributed by atoms with Gasteiger partial charge in [-0.1, -0.05) is 24.3 Å². The lowest BCUT2D eigenvalue weighted by Gasteiger charge is -2.10. The number of nitrogens with zero attached hydrogens (tertiary/aromatic N) is 1. The van der Waals surface area contributed by atoms with E-state index >= 15 is 0 Å². The van der Waals surface area contributed by atoms with E-state index in [0.29, 0.717) is 12.2 Å². The van der Waals surface area contributed by atoms with Crippen LogP contribution >= 0.6 is 11.3 Å². The minimum absolute atomic E-state index is 0.290. The average molecular weight is 285 g/mol. The van der Waals surface area contributed by atoms with Crippen LogP contribution in [0.2, 0.25) is 0 Å². The van der Waals surface area contributed by atoms with E-state index in [-0.39, 0.29) is 5.97 Å². The normalized spacial score (nSPS) is 10.9. The Labute approximate surface area is 121 Å². The molecule has 0 radical (unpaired) electrons. The molecule has 0 aliphatic heterocycles. The van der Waals surface area contributed by atoms with Crippen LogP contribution in [0, 0.1) is 6.92 Å². The number of benzene rings is 1. The van der Waals surface area contributed by atoms with Crippen molar-refractivity contribution < 1.29 is 9.53 Å². The van der Waals surface area contributed by atoms with E-state index in [1.165, 1.54) is 18.2 Å². The molecule has 0 N–H and O–H groups in total. The summed E-state index contributed by atoms with van der Waals surface area (Å²) in [5.74, 6) is -0.290. The summed E-state index contributed by atoms with van der Waals surface area (Å²) in [6.07, 6.45) is 0. The van der Waals surface area contributed by atoms with E-state index in [4.69, 9.17) is 4.74 Å². The van der Waals surface area contributed by atoms with E-state index in [0.717, 1.165) is 10.2 Å². The van der Waals surface area contributed by atoms with Crippen LogP contribution in [0.1, 0.15) is 21.6 Å². The van der Waals surface area contributed by atoms with Crippen molar-refractivity contribution in [2.24, 2.45) is 0 Å². The lowest BCUT2D eigenvalue weighted by atomic mass is 10.1. The number of carbonyl (C=O) groups excluding carboxylic acids is 1. The molecular weight excluding hydrogens is 270 g/mol. The molecule has 0 spiro atoms. The molecule has 3 aromatic rings. The number of methoxy groups -OCH3 is 1. The topological polar surface area (TPSA) is 31.2 Å². The highest BCUT2D eigenvalue weighted by atomic mass is 32.1. The molecule has 2 aromatic heterocycles. The zero-order valence-electron chi connectivity index (χ0n) is 11.4. The Bertz CT molecular complexity index is 770. The van der Waals surface area contributed by atoms with Crippen LogP contribution in [0.4, 0.5) is 0 Å². The summed E-state index contributed by atoms with van der Waals surface area (Å²) in [6, 6.07) is 12.2. The second-order valence-electron chi connectivity index (χ2n) is 4.71. The smallest absolute Gasteiger partial charge is 0.354 e. The highest BCUT2D eigenvalue weighted by Crippen LogP contribution is 2.27. The predicted octanol–water partition coefficient (Wildman–Crippen LogP) is 3.85. The van der Waals surface area contributed by atoms with Gasteiger partial charge in [-0.2, -0.15) is 0 Å². The van der Waals surface area contributed by atoms with Gasteiger partial charge in [-0.25, -0.2) is 4.79 Å². The molecule has 2 heterocycles. The zero-order chi connectivity index (χ0) is 14.1. The number of esters is 1. The van der Waals surface area contributed by atoms with Crippen LogP contribution in [0.25, 0.3) is 10.2 Å². The van der Waals surface area contributed by atoms with E-state index < -0.39 is 0 Å². The van der Waals surface area contributed by atoms with Crippen LogP contribution in [0.5, 0.6) is 0 Å². The summed E-state index contributed by atoms with van der Waals surface area (Å²) < 4.78 is 6.92. The molecule has 4 heteroatoms. The van der Waals surface area contributed by atoms with Crippen LogP contribution in [0.3, 0.4) is 0 Å². The number of aromatic nitrogens is 1. The number of hydrogen-bond acceptors (Lipinski definition) is 3. The Morgan fingerprint density at radius 3 is 2.85 bits per heavy atom. The highest BCUT2D eigenvalue weighted by molar-refractivity contribution is 7.16. The average Bonchev–Trinajstić information content (AvgIpc) is 3.03. The molecule has 3 rings (SSSR count). The molecule has 0 fully saturated rings. The van der Waals surface area contributed by atoms with Gasteiger partial charge in [0.15, 0.2) is 0 Å². The fourth-order valence-corrected chi connectivity index (χ4v) is 3.26. The van der Waals surface area contributed by atoms with Gasteiger partial charge in [-0.05, 0) is 35.6 Å². The maximum absolute atomic E-state index is 11.9. The molecule has 0 unspecified atom stereocenters. The van der Waals surface area contributed by atoms with Crippen molar-refractivity contribution in [1.29, 1.82) is 0 Å². The van der Waals surface area contributed by atoms with Crippen molar-refractivity contribution in [3.63, 3.8) is 0 Å². The number of aryl methyl sites for hydroxylation is 1. The number of hydrogen-bond donors (Lipinski definition) is 0. The Hall–Kier alpha value is -2.07. The minimum Gasteiger partial charge on any atom is -0.464 e. The summed E-state index contributed by atoms with van der Waals surface area (Å²) in [6.45, 7) is 2.77. The summed E-state index contributed by atoms with van der Waals surface area (Å²) >= 11 is 1.64. The zero-order valence-corrected chi connectivity index (χ0v) is 12.2. The Morgan fingerprint density at radius 1 is 1.30 bits per heavy atom. The summed E-state index contributed by atoms with van der Waals surface area (Å²) in [5.41, 5.74) is 3.04. The van der Waals surface area contributed by atoms with Gasteiger partial charge < -0.3 is 9.30 Å². The third-order valence-corrected chi connectivity index (χ3v) is 4.44. The molecule has 1 aromatic carbocycles. The SMILES string of the molecule is COC(=O)c1cc2ccsc2n1Cc1ccccc1C. The van der Waals surface area contributed by atoms with Crippen molar-refractivity contribution >= 4 is 27.5 Å². The summed E-state index contributed by atoms with van der Waals surface area (Å²) in [5, 5.41) is 3.13. The van der Waals surface area contributed by atoms with Crippen molar-refractivity contribution in [3.05, 3.63) is 58.6 Å². The van der Waals surface area contributed by atoms with E-state index in [2.05, 4.69) is 19.1 Å². The van der Waals surface area contributed by atoms with E-state index in [1.54, 1.807) is 11.3 Å². The van der Waals surface area contributed by atoms with E-state index in [1.807, 2.05) is 34.2 Å². The highest BCUT2D eigenvalue weighted by Gasteiger charge is 2.17. The maximum Gasteiger partial charge on any atom is 0.354 e. The molecule has 0 aliphatic carbocycles. The Morgan fingerprint density at radius 2 is 2.10 bits per heavy atom. The van der Waals surface area contributed by atoms with E-state index in [9.17, 15) is 4.79 Å². The van der Waals surface area contributed by atoms with Crippen LogP contribution in [0.15, 0.2) is 41.8 Å². The van der Waals surface area contributed by atoms with Crippen molar-refractivity contribution in [1.82, 2.24) is 4.57 Å². The molecular formula is C16H15NO2S. The van der Waals surface area contributed by atoms with Crippen molar-refractivity contribution in [2.45, 2.75) is 13.5 Å². The maximum atomic E-state index is 11.9. The number of fused-ring (bicyclic) bond motifs is 1. The molecule has 0 atom stereocenters. The fraction of sp³-hybridized carbons (Fsp3) is 0.188. The van der Waals surface area contributed by atoms with Crippen LogP contribution in [-0.2, 0) is 11.3 Å². The van der Waals surface area contributed by atoms with Gasteiger partial charge in [0.1, 0.15) is 10.5 Å². The summed E-state index contributed by atoms with van der Waals surface area (Å²) in [7, 11) is 1.42. The minimum atomic E-state index is -0.290. The van der Waals surface area contributed by atoms with Gasteiger partial charge >= 0.3 is 5.97 Å². The standard InChI is InChI=1S/C16H15NO2S/c1-11-5-3-4-6-13(11)10-17-14(16(18)19-2)9-12-7-8-20-15(12)17/h3-9H,10H2,1-2H3. The van der Waals surface area contributed by atoms with Crippen LogP contribution in [-0.4, -0.2) is 17.6 Å². The monoisotopic (exact) mass is 285 g/mol. The predicted molar refractivity (Wildman–Crippen MR) is 81.4 cm³/mol. The number of ether oxygens (including phenoxy) is 1. The summed E-state index contributed by atoms with van der Waals surface area (Å²) in [4.78, 5) is 13.0. The van der Waals surface area contributed by atoms with Gasteiger partial charge in [0, 0.05) is 11.9 Å². The molecule has 0 bridgehead atoms. The van der Waals surface area contributed by atoms with Crippen LogP contribution < -0.4 is 0 Å². The molecule has 0 saturated carbocycles. The van der Waals surface area contributed by atoms with Gasteiger partial charge in [-0.3, -0.25) is 0 Å². The molecule has 0 aliphatic rings. The molecule has 20 heavy (non-hydrogen) atoms. The van der Waals surface area contributed by atoms with Gasteiger partial charge in [0.25, 0.3) is 0 Å².